The average molecular weight is 281 g/mol. The fraction of sp³-hybridized carbons (Fsp3) is 0.368. The Kier molecular flexibility index (Phi) is 4.26. The van der Waals surface area contributed by atoms with Crippen LogP contribution in [-0.2, 0) is 6.54 Å². The van der Waals surface area contributed by atoms with Gasteiger partial charge >= 0.3 is 0 Å². The van der Waals surface area contributed by atoms with Crippen molar-refractivity contribution in [3.63, 3.8) is 0 Å². The first kappa shape index (κ1) is 14.2. The molecular weight excluding hydrogens is 258 g/mol. The van der Waals surface area contributed by atoms with Gasteiger partial charge in [0.05, 0.1) is 6.10 Å². The molecular formula is C19H23NO. The Morgan fingerprint density at radius 2 is 1.81 bits per heavy atom. The Bertz CT molecular complexity index is 585. The maximum absolute atomic E-state index is 5.79. The van der Waals surface area contributed by atoms with Crippen LogP contribution in [0.3, 0.4) is 0 Å². The van der Waals surface area contributed by atoms with E-state index in [9.17, 15) is 0 Å². The van der Waals surface area contributed by atoms with Gasteiger partial charge in [-0.1, -0.05) is 44.2 Å². The summed E-state index contributed by atoms with van der Waals surface area (Å²) in [5.41, 5.74) is 3.82. The first-order chi connectivity index (χ1) is 10.2. The molecule has 1 N–H and O–H groups in total. The molecule has 0 heterocycles. The van der Waals surface area contributed by atoms with Crippen molar-refractivity contribution in [3.05, 3.63) is 54.1 Å². The topological polar surface area (TPSA) is 21.3 Å². The van der Waals surface area contributed by atoms with Gasteiger partial charge in [0, 0.05) is 12.6 Å². The van der Waals surface area contributed by atoms with Crippen molar-refractivity contribution in [2.24, 2.45) is 0 Å². The number of ether oxygens (including phenoxy) is 1. The van der Waals surface area contributed by atoms with E-state index in [1.807, 2.05) is 0 Å². The van der Waals surface area contributed by atoms with Crippen molar-refractivity contribution in [1.82, 2.24) is 5.32 Å². The quantitative estimate of drug-likeness (QED) is 0.847. The third-order valence-electron chi connectivity index (χ3n) is 3.66. The van der Waals surface area contributed by atoms with E-state index in [0.717, 1.165) is 12.3 Å². The highest BCUT2D eigenvalue weighted by atomic mass is 16.5. The van der Waals surface area contributed by atoms with Crippen LogP contribution in [0.5, 0.6) is 5.75 Å². The maximum Gasteiger partial charge on any atom is 0.119 e. The van der Waals surface area contributed by atoms with Crippen molar-refractivity contribution in [2.45, 2.75) is 45.4 Å². The molecule has 2 aromatic carbocycles. The van der Waals surface area contributed by atoms with Crippen LogP contribution in [0, 0.1) is 0 Å². The zero-order chi connectivity index (χ0) is 14.7. The molecule has 0 aromatic heterocycles. The van der Waals surface area contributed by atoms with Gasteiger partial charge in [-0.2, -0.15) is 0 Å². The highest BCUT2D eigenvalue weighted by molar-refractivity contribution is 5.64. The lowest BCUT2D eigenvalue weighted by Crippen LogP contribution is -2.21. The Morgan fingerprint density at radius 1 is 1.05 bits per heavy atom. The number of benzene rings is 2. The predicted octanol–water partition coefficient (Wildman–Crippen LogP) is 4.39. The zero-order valence-corrected chi connectivity index (χ0v) is 12.8. The van der Waals surface area contributed by atoms with E-state index in [1.54, 1.807) is 0 Å². The third-order valence-corrected chi connectivity index (χ3v) is 3.66. The summed E-state index contributed by atoms with van der Waals surface area (Å²) < 4.78 is 5.79. The van der Waals surface area contributed by atoms with Crippen LogP contribution < -0.4 is 10.1 Å². The highest BCUT2D eigenvalue weighted by Crippen LogP contribution is 2.28. The molecule has 1 aliphatic carbocycles. The van der Waals surface area contributed by atoms with Crippen molar-refractivity contribution in [2.75, 3.05) is 0 Å². The predicted molar refractivity (Wildman–Crippen MR) is 87.5 cm³/mol. The molecule has 21 heavy (non-hydrogen) atoms. The first-order valence-corrected chi connectivity index (χ1v) is 7.80. The number of hydrogen-bond acceptors (Lipinski definition) is 2. The lowest BCUT2D eigenvalue weighted by molar-refractivity contribution is 0.303. The maximum atomic E-state index is 5.79. The number of nitrogens with one attached hydrogen (secondary N) is 1. The minimum absolute atomic E-state index is 0.460. The molecule has 0 bridgehead atoms. The second-order valence-corrected chi connectivity index (χ2v) is 6.08. The molecule has 2 nitrogen and oxygen atoms in total. The summed E-state index contributed by atoms with van der Waals surface area (Å²) >= 11 is 0. The Labute approximate surface area is 127 Å². The summed E-state index contributed by atoms with van der Waals surface area (Å²) in [6.45, 7) is 5.25. The molecule has 0 saturated heterocycles. The van der Waals surface area contributed by atoms with Crippen molar-refractivity contribution in [3.8, 4) is 16.9 Å². The van der Waals surface area contributed by atoms with Gasteiger partial charge in [-0.05, 0) is 47.7 Å². The molecule has 2 heteroatoms. The molecule has 0 amide bonds. The van der Waals surface area contributed by atoms with Gasteiger partial charge in [0.1, 0.15) is 5.75 Å². The van der Waals surface area contributed by atoms with Gasteiger partial charge in [0.2, 0.25) is 0 Å². The molecule has 0 atom stereocenters. The first-order valence-electron chi connectivity index (χ1n) is 7.80. The monoisotopic (exact) mass is 281 g/mol. The standard InChI is InChI=1S/C19H23NO/c1-14(2)20-13-15-4-3-5-17(12-15)16-6-8-18(9-7-16)21-19-10-11-19/h3-9,12,14,19-20H,10-11,13H2,1-2H3. The van der Waals surface area contributed by atoms with Crippen LogP contribution in [0.1, 0.15) is 32.3 Å². The Morgan fingerprint density at radius 3 is 2.48 bits per heavy atom. The van der Waals surface area contributed by atoms with Gasteiger partial charge in [-0.15, -0.1) is 0 Å². The van der Waals surface area contributed by atoms with Crippen LogP contribution in [-0.4, -0.2) is 12.1 Å². The summed E-state index contributed by atoms with van der Waals surface area (Å²) in [7, 11) is 0. The molecule has 0 spiro atoms. The van der Waals surface area contributed by atoms with Gasteiger partial charge in [0.25, 0.3) is 0 Å². The molecule has 0 unspecified atom stereocenters. The number of hydrogen-bond donors (Lipinski definition) is 1. The van der Waals surface area contributed by atoms with Crippen LogP contribution in [0.4, 0.5) is 0 Å². The molecule has 0 radical (unpaired) electrons. The molecule has 2 aromatic rings. The molecule has 1 aliphatic rings. The van der Waals surface area contributed by atoms with Crippen LogP contribution in [0.15, 0.2) is 48.5 Å². The smallest absolute Gasteiger partial charge is 0.119 e. The summed E-state index contributed by atoms with van der Waals surface area (Å²) in [4.78, 5) is 0. The summed E-state index contributed by atoms with van der Waals surface area (Å²) in [6.07, 6.45) is 2.86. The van der Waals surface area contributed by atoms with E-state index in [2.05, 4.69) is 67.7 Å². The van der Waals surface area contributed by atoms with Gasteiger partial charge in [-0.25, -0.2) is 0 Å². The van der Waals surface area contributed by atoms with E-state index in [1.165, 1.54) is 29.5 Å². The summed E-state index contributed by atoms with van der Waals surface area (Å²) in [5.74, 6) is 0.985. The Balaban J connectivity index is 1.71. The summed E-state index contributed by atoms with van der Waals surface area (Å²) in [6, 6.07) is 17.7. The van der Waals surface area contributed by atoms with Crippen molar-refractivity contribution < 1.29 is 4.74 Å². The van der Waals surface area contributed by atoms with Crippen molar-refractivity contribution >= 4 is 0 Å². The van der Waals surface area contributed by atoms with Crippen LogP contribution >= 0.6 is 0 Å². The van der Waals surface area contributed by atoms with Gasteiger partial charge in [-0.3, -0.25) is 0 Å². The van der Waals surface area contributed by atoms with E-state index >= 15 is 0 Å². The molecule has 1 saturated carbocycles. The minimum Gasteiger partial charge on any atom is -0.490 e. The second kappa shape index (κ2) is 6.31. The lowest BCUT2D eigenvalue weighted by atomic mass is 10.0. The number of rotatable bonds is 6. The SMILES string of the molecule is CC(C)NCc1cccc(-c2ccc(OC3CC3)cc2)c1. The lowest BCUT2D eigenvalue weighted by Gasteiger charge is -2.10. The van der Waals surface area contributed by atoms with E-state index in [4.69, 9.17) is 4.74 Å². The van der Waals surface area contributed by atoms with E-state index < -0.39 is 0 Å². The van der Waals surface area contributed by atoms with E-state index in [-0.39, 0.29) is 0 Å². The zero-order valence-electron chi connectivity index (χ0n) is 12.8. The third kappa shape index (κ3) is 4.08. The minimum atomic E-state index is 0.460. The van der Waals surface area contributed by atoms with E-state index in [0.29, 0.717) is 12.1 Å². The van der Waals surface area contributed by atoms with Gasteiger partial charge in [0.15, 0.2) is 0 Å². The normalized spacial score (nSPS) is 14.4. The molecule has 3 rings (SSSR count). The fourth-order valence-electron chi connectivity index (χ4n) is 2.29. The van der Waals surface area contributed by atoms with Gasteiger partial charge < -0.3 is 10.1 Å². The second-order valence-electron chi connectivity index (χ2n) is 6.08. The van der Waals surface area contributed by atoms with Crippen molar-refractivity contribution in [1.29, 1.82) is 0 Å². The van der Waals surface area contributed by atoms with Crippen LogP contribution in [0.25, 0.3) is 11.1 Å². The largest absolute Gasteiger partial charge is 0.490 e. The molecule has 110 valence electrons. The van der Waals surface area contributed by atoms with Crippen LogP contribution in [0.2, 0.25) is 0 Å². The molecule has 0 aliphatic heterocycles. The summed E-state index contributed by atoms with van der Waals surface area (Å²) in [5, 5.41) is 3.46. The average Bonchev–Trinajstić information content (AvgIpc) is 3.30. The molecule has 1 fully saturated rings. The Hall–Kier alpha value is -1.80. The fourth-order valence-corrected chi connectivity index (χ4v) is 2.29. The highest BCUT2D eigenvalue weighted by Gasteiger charge is 2.23.